The van der Waals surface area contributed by atoms with Gasteiger partial charge in [-0.15, -0.1) is 10.2 Å². The molecule has 0 radical (unpaired) electrons. The summed E-state index contributed by atoms with van der Waals surface area (Å²) in [5.74, 6) is -2.87. The monoisotopic (exact) mass is 415 g/mol. The summed E-state index contributed by atoms with van der Waals surface area (Å²) >= 11 is 0. The van der Waals surface area contributed by atoms with E-state index in [1.54, 1.807) is 30.3 Å². The van der Waals surface area contributed by atoms with E-state index in [-0.39, 0.29) is 17.7 Å². The fourth-order valence-electron chi connectivity index (χ4n) is 2.41. The lowest BCUT2D eigenvalue weighted by molar-refractivity contribution is -0.156. The van der Waals surface area contributed by atoms with Gasteiger partial charge in [0.1, 0.15) is 5.82 Å². The van der Waals surface area contributed by atoms with Gasteiger partial charge in [-0.1, -0.05) is 24.3 Å². The maximum Gasteiger partial charge on any atom is 0.470 e. The van der Waals surface area contributed by atoms with E-state index in [2.05, 4.69) is 14.6 Å². The number of para-hydroxylation sites is 1. The van der Waals surface area contributed by atoms with Crippen LogP contribution in [0.1, 0.15) is 11.5 Å². The van der Waals surface area contributed by atoms with Gasteiger partial charge in [0, 0.05) is 11.1 Å². The quantitative estimate of drug-likeness (QED) is 0.592. The van der Waals surface area contributed by atoms with Crippen molar-refractivity contribution in [2.24, 2.45) is 0 Å². The van der Waals surface area contributed by atoms with Crippen LogP contribution in [0.2, 0.25) is 0 Å². The molecule has 0 aliphatic heterocycles. The highest BCUT2D eigenvalue weighted by atomic mass is 32.2. The Morgan fingerprint density at radius 2 is 1.75 bits per heavy atom. The van der Waals surface area contributed by atoms with Crippen LogP contribution in [0.15, 0.2) is 52.9 Å². The van der Waals surface area contributed by atoms with Crippen molar-refractivity contribution < 1.29 is 30.4 Å². The zero-order chi connectivity index (χ0) is 20.5. The SMILES string of the molecule is CS(=O)(=O)N(Cc1ccc(-c2nnc(C(F)(F)F)o2)cc1F)c1ccccc1. The average Bonchev–Trinajstić information content (AvgIpc) is 3.11. The van der Waals surface area contributed by atoms with Crippen LogP contribution >= 0.6 is 0 Å². The van der Waals surface area contributed by atoms with Gasteiger partial charge in [0.25, 0.3) is 0 Å². The van der Waals surface area contributed by atoms with Gasteiger partial charge in [-0.2, -0.15) is 13.2 Å². The molecule has 0 aliphatic carbocycles. The molecule has 3 rings (SSSR count). The molecule has 6 nitrogen and oxygen atoms in total. The van der Waals surface area contributed by atoms with Gasteiger partial charge in [0.15, 0.2) is 0 Å². The van der Waals surface area contributed by atoms with Crippen molar-refractivity contribution in [1.29, 1.82) is 0 Å². The molecule has 0 atom stereocenters. The highest BCUT2D eigenvalue weighted by Gasteiger charge is 2.38. The van der Waals surface area contributed by atoms with Crippen molar-refractivity contribution >= 4 is 15.7 Å². The lowest BCUT2D eigenvalue weighted by Gasteiger charge is -2.22. The van der Waals surface area contributed by atoms with E-state index in [1.807, 2.05) is 0 Å². The fraction of sp³-hybridized carbons (Fsp3) is 0.176. The van der Waals surface area contributed by atoms with Crippen LogP contribution in [-0.4, -0.2) is 24.9 Å². The van der Waals surface area contributed by atoms with E-state index in [1.165, 1.54) is 12.1 Å². The van der Waals surface area contributed by atoms with Crippen molar-refractivity contribution in [2.75, 3.05) is 10.6 Å². The Morgan fingerprint density at radius 3 is 2.29 bits per heavy atom. The lowest BCUT2D eigenvalue weighted by Crippen LogP contribution is -2.29. The minimum absolute atomic E-state index is 0.0218. The van der Waals surface area contributed by atoms with Gasteiger partial charge >= 0.3 is 12.1 Å². The Balaban J connectivity index is 1.91. The summed E-state index contributed by atoms with van der Waals surface area (Å²) in [6.45, 7) is -0.299. The summed E-state index contributed by atoms with van der Waals surface area (Å²) in [4.78, 5) is 0. The van der Waals surface area contributed by atoms with E-state index >= 15 is 0 Å². The van der Waals surface area contributed by atoms with Crippen molar-refractivity contribution in [2.45, 2.75) is 12.7 Å². The van der Waals surface area contributed by atoms with Gasteiger partial charge in [-0.05, 0) is 24.3 Å². The molecule has 2 aromatic carbocycles. The van der Waals surface area contributed by atoms with Crippen LogP contribution in [0.5, 0.6) is 0 Å². The molecular weight excluding hydrogens is 402 g/mol. The Hall–Kier alpha value is -2.95. The Kier molecular flexibility index (Phi) is 5.11. The molecule has 1 heterocycles. The molecule has 11 heteroatoms. The van der Waals surface area contributed by atoms with Crippen LogP contribution in [0.25, 0.3) is 11.5 Å². The van der Waals surface area contributed by atoms with Crippen molar-refractivity contribution in [3.63, 3.8) is 0 Å². The summed E-state index contributed by atoms with van der Waals surface area (Å²) in [5, 5.41) is 6.15. The third kappa shape index (κ3) is 4.30. The van der Waals surface area contributed by atoms with Gasteiger partial charge in [0.2, 0.25) is 15.9 Å². The van der Waals surface area contributed by atoms with Gasteiger partial charge < -0.3 is 4.42 Å². The highest BCUT2D eigenvalue weighted by molar-refractivity contribution is 7.92. The predicted octanol–water partition coefficient (Wildman–Crippen LogP) is 3.86. The fourth-order valence-corrected chi connectivity index (χ4v) is 3.29. The van der Waals surface area contributed by atoms with Crippen LogP contribution in [0.3, 0.4) is 0 Å². The predicted molar refractivity (Wildman–Crippen MR) is 92.2 cm³/mol. The molecular formula is C17H13F4N3O3S. The van der Waals surface area contributed by atoms with Crippen molar-refractivity contribution in [3.05, 3.63) is 65.8 Å². The summed E-state index contributed by atoms with van der Waals surface area (Å²) < 4.78 is 81.9. The minimum Gasteiger partial charge on any atom is -0.413 e. The minimum atomic E-state index is -4.81. The van der Waals surface area contributed by atoms with E-state index in [0.717, 1.165) is 16.6 Å². The molecule has 0 amide bonds. The first-order valence-corrected chi connectivity index (χ1v) is 9.63. The smallest absolute Gasteiger partial charge is 0.413 e. The molecule has 0 aliphatic rings. The first-order chi connectivity index (χ1) is 13.1. The zero-order valence-corrected chi connectivity index (χ0v) is 15.1. The maximum atomic E-state index is 14.5. The van der Waals surface area contributed by atoms with Crippen LogP contribution in [-0.2, 0) is 22.7 Å². The van der Waals surface area contributed by atoms with Gasteiger partial charge in [-0.25, -0.2) is 12.8 Å². The molecule has 1 aromatic heterocycles. The lowest BCUT2D eigenvalue weighted by atomic mass is 10.1. The molecule has 148 valence electrons. The number of halogens is 4. The normalized spacial score (nSPS) is 12.2. The number of benzene rings is 2. The summed E-state index contributed by atoms with van der Waals surface area (Å²) in [6, 6.07) is 11.5. The molecule has 0 saturated carbocycles. The van der Waals surface area contributed by atoms with E-state index < -0.39 is 33.8 Å². The first kappa shape index (κ1) is 19.8. The number of anilines is 1. The molecule has 0 saturated heterocycles. The van der Waals surface area contributed by atoms with E-state index in [0.29, 0.717) is 5.69 Å². The number of alkyl halides is 3. The van der Waals surface area contributed by atoms with Gasteiger partial charge in [0.05, 0.1) is 18.5 Å². The van der Waals surface area contributed by atoms with Gasteiger partial charge in [-0.3, -0.25) is 4.31 Å². The van der Waals surface area contributed by atoms with E-state index in [9.17, 15) is 26.0 Å². The number of aromatic nitrogens is 2. The second kappa shape index (κ2) is 7.23. The summed E-state index contributed by atoms with van der Waals surface area (Å²) in [5.41, 5.74) is 0.309. The molecule has 0 unspecified atom stereocenters. The number of nitrogens with zero attached hydrogens (tertiary/aromatic N) is 3. The van der Waals surface area contributed by atoms with Crippen molar-refractivity contribution in [3.8, 4) is 11.5 Å². The van der Waals surface area contributed by atoms with Crippen LogP contribution in [0.4, 0.5) is 23.2 Å². The third-order valence-corrected chi connectivity index (χ3v) is 4.87. The zero-order valence-electron chi connectivity index (χ0n) is 14.3. The number of rotatable bonds is 5. The average molecular weight is 415 g/mol. The Bertz CT molecular complexity index is 1080. The number of hydrogen-bond donors (Lipinski definition) is 0. The second-order valence-electron chi connectivity index (χ2n) is 5.82. The molecule has 28 heavy (non-hydrogen) atoms. The van der Waals surface area contributed by atoms with Crippen LogP contribution in [0, 0.1) is 5.82 Å². The van der Waals surface area contributed by atoms with E-state index in [4.69, 9.17) is 0 Å². The number of sulfonamides is 1. The molecule has 0 bridgehead atoms. The molecule has 0 fully saturated rings. The second-order valence-corrected chi connectivity index (χ2v) is 7.73. The van der Waals surface area contributed by atoms with Crippen LogP contribution < -0.4 is 4.31 Å². The summed E-state index contributed by atoms with van der Waals surface area (Å²) in [6.07, 6.45) is -3.82. The Labute approximate surface area is 157 Å². The standard InChI is InChI=1S/C17H13F4N3O3S/c1-28(25,26)24(13-5-3-2-4-6-13)10-12-8-7-11(9-14(12)18)15-22-23-16(27-15)17(19,20)21/h2-9H,10H2,1H3. The molecule has 0 N–H and O–H groups in total. The van der Waals surface area contributed by atoms with Crippen molar-refractivity contribution in [1.82, 2.24) is 10.2 Å². The Morgan fingerprint density at radius 1 is 1.07 bits per heavy atom. The topological polar surface area (TPSA) is 76.3 Å². The molecule has 0 spiro atoms. The number of hydrogen-bond acceptors (Lipinski definition) is 5. The first-order valence-electron chi connectivity index (χ1n) is 7.78. The third-order valence-electron chi connectivity index (χ3n) is 3.73. The molecule has 3 aromatic rings. The largest absolute Gasteiger partial charge is 0.470 e. The summed E-state index contributed by atoms with van der Waals surface area (Å²) in [7, 11) is -3.71. The maximum absolute atomic E-state index is 14.5. The highest BCUT2D eigenvalue weighted by Crippen LogP contribution is 2.31.